The van der Waals surface area contributed by atoms with Crippen molar-refractivity contribution in [3.63, 3.8) is 0 Å². The fraction of sp³-hybridized carbons (Fsp3) is 0.360. The zero-order chi connectivity index (χ0) is 23.6. The first-order chi connectivity index (χ1) is 15.7. The molecule has 0 amide bonds. The molecular formula is C25H29FN4O2S. The van der Waals surface area contributed by atoms with Gasteiger partial charge >= 0.3 is 0 Å². The number of hydrogen-bond donors (Lipinski definition) is 0. The third kappa shape index (κ3) is 5.23. The highest BCUT2D eigenvalue weighted by Crippen LogP contribution is 2.26. The van der Waals surface area contributed by atoms with Crippen LogP contribution < -0.4 is 4.90 Å². The molecule has 1 aliphatic rings. The van der Waals surface area contributed by atoms with Crippen molar-refractivity contribution in [3.8, 4) is 0 Å². The number of benzene rings is 2. The van der Waals surface area contributed by atoms with E-state index in [9.17, 15) is 12.8 Å². The SMILES string of the molecule is Cc1ccc(S(=O)(=O)N2CCCN(c3nc(C)nc(C)c3Cc3cccc(F)c3)CC2)cc1. The zero-order valence-electron chi connectivity index (χ0n) is 19.3. The van der Waals surface area contributed by atoms with Gasteiger partial charge in [0.25, 0.3) is 0 Å². The molecule has 0 saturated carbocycles. The van der Waals surface area contributed by atoms with E-state index < -0.39 is 10.0 Å². The summed E-state index contributed by atoms with van der Waals surface area (Å²) in [5.74, 6) is 1.20. The van der Waals surface area contributed by atoms with Gasteiger partial charge in [-0.25, -0.2) is 22.8 Å². The number of nitrogens with zero attached hydrogens (tertiary/aromatic N) is 4. The number of sulfonamides is 1. The molecule has 1 aliphatic heterocycles. The number of aryl methyl sites for hydroxylation is 3. The quantitative estimate of drug-likeness (QED) is 0.566. The molecule has 0 atom stereocenters. The second-order valence-corrected chi connectivity index (χ2v) is 10.5. The van der Waals surface area contributed by atoms with Crippen LogP contribution in [0, 0.1) is 26.6 Å². The lowest BCUT2D eigenvalue weighted by Gasteiger charge is -2.26. The van der Waals surface area contributed by atoms with Crippen LogP contribution >= 0.6 is 0 Å². The van der Waals surface area contributed by atoms with Gasteiger partial charge in [-0.3, -0.25) is 0 Å². The summed E-state index contributed by atoms with van der Waals surface area (Å²) in [4.78, 5) is 11.7. The maximum absolute atomic E-state index is 13.8. The van der Waals surface area contributed by atoms with Gasteiger partial charge in [-0.1, -0.05) is 29.8 Å². The highest BCUT2D eigenvalue weighted by Gasteiger charge is 2.28. The monoisotopic (exact) mass is 468 g/mol. The third-order valence-corrected chi connectivity index (χ3v) is 7.90. The van der Waals surface area contributed by atoms with E-state index in [1.54, 1.807) is 22.5 Å². The number of aromatic nitrogens is 2. The van der Waals surface area contributed by atoms with E-state index in [1.807, 2.05) is 39.0 Å². The molecule has 0 aliphatic carbocycles. The van der Waals surface area contributed by atoms with E-state index in [4.69, 9.17) is 4.98 Å². The molecule has 2 heterocycles. The van der Waals surface area contributed by atoms with Crippen molar-refractivity contribution < 1.29 is 12.8 Å². The van der Waals surface area contributed by atoms with Gasteiger partial charge in [0.15, 0.2) is 0 Å². The largest absolute Gasteiger partial charge is 0.355 e. The van der Waals surface area contributed by atoms with Crippen LogP contribution in [0.1, 0.15) is 34.6 Å². The smallest absolute Gasteiger partial charge is 0.243 e. The predicted octanol–water partition coefficient (Wildman–Crippen LogP) is 4.03. The molecule has 4 rings (SSSR count). The van der Waals surface area contributed by atoms with Crippen LogP contribution in [-0.2, 0) is 16.4 Å². The Morgan fingerprint density at radius 3 is 2.42 bits per heavy atom. The molecule has 0 radical (unpaired) electrons. The first-order valence-electron chi connectivity index (χ1n) is 11.1. The lowest BCUT2D eigenvalue weighted by atomic mass is 10.0. The van der Waals surface area contributed by atoms with Crippen LogP contribution in [-0.4, -0.2) is 48.9 Å². The first kappa shape index (κ1) is 23.3. The van der Waals surface area contributed by atoms with Gasteiger partial charge in [-0.05, 0) is 57.0 Å². The predicted molar refractivity (Wildman–Crippen MR) is 127 cm³/mol. The minimum Gasteiger partial charge on any atom is -0.355 e. The Hall–Kier alpha value is -2.84. The summed E-state index contributed by atoms with van der Waals surface area (Å²) in [6.45, 7) is 7.77. The standard InChI is InChI=1S/C25H29FN4O2S/c1-18-8-10-23(11-9-18)33(31,32)30-13-5-12-29(14-15-30)25-24(19(2)27-20(3)28-25)17-21-6-4-7-22(26)16-21/h4,6-11,16H,5,12-15,17H2,1-3H3. The normalized spacial score (nSPS) is 15.5. The average Bonchev–Trinajstić information content (AvgIpc) is 3.03. The molecule has 0 bridgehead atoms. The summed E-state index contributed by atoms with van der Waals surface area (Å²) in [5, 5.41) is 0. The van der Waals surface area contributed by atoms with E-state index in [0.29, 0.717) is 49.7 Å². The van der Waals surface area contributed by atoms with Crippen molar-refractivity contribution in [2.75, 3.05) is 31.1 Å². The third-order valence-electron chi connectivity index (χ3n) is 5.99. The lowest BCUT2D eigenvalue weighted by molar-refractivity contribution is 0.433. The molecule has 0 N–H and O–H groups in total. The molecule has 0 spiro atoms. The minimum absolute atomic E-state index is 0.272. The van der Waals surface area contributed by atoms with E-state index in [2.05, 4.69) is 9.88 Å². The molecule has 3 aromatic rings. The Bertz CT molecular complexity index is 1250. The molecule has 2 aromatic carbocycles. The Kier molecular flexibility index (Phi) is 6.76. The van der Waals surface area contributed by atoms with Crippen molar-refractivity contribution in [1.82, 2.24) is 14.3 Å². The van der Waals surface area contributed by atoms with E-state index in [0.717, 1.165) is 28.2 Å². The topological polar surface area (TPSA) is 66.4 Å². The number of halogens is 1. The fourth-order valence-corrected chi connectivity index (χ4v) is 5.71. The van der Waals surface area contributed by atoms with E-state index in [1.165, 1.54) is 12.1 Å². The summed E-state index contributed by atoms with van der Waals surface area (Å²) in [5.41, 5.74) is 3.68. The highest BCUT2D eigenvalue weighted by atomic mass is 32.2. The van der Waals surface area contributed by atoms with Gasteiger partial charge in [0, 0.05) is 43.9 Å². The van der Waals surface area contributed by atoms with E-state index >= 15 is 0 Å². The summed E-state index contributed by atoms with van der Waals surface area (Å²) >= 11 is 0. The molecule has 174 valence electrons. The zero-order valence-corrected chi connectivity index (χ0v) is 20.1. The van der Waals surface area contributed by atoms with Gasteiger partial charge in [0.1, 0.15) is 17.5 Å². The fourth-order valence-electron chi connectivity index (χ4n) is 4.24. The Labute approximate surface area is 195 Å². The Morgan fingerprint density at radius 1 is 0.939 bits per heavy atom. The summed E-state index contributed by atoms with van der Waals surface area (Å²) in [7, 11) is -3.56. The molecular weight excluding hydrogens is 439 g/mol. The second kappa shape index (κ2) is 9.57. The van der Waals surface area contributed by atoms with Crippen LogP contribution in [0.3, 0.4) is 0 Å². The Morgan fingerprint density at radius 2 is 1.70 bits per heavy atom. The number of hydrogen-bond acceptors (Lipinski definition) is 5. The molecule has 0 unspecified atom stereocenters. The molecule has 1 aromatic heterocycles. The first-order valence-corrected chi connectivity index (χ1v) is 12.6. The summed E-state index contributed by atoms with van der Waals surface area (Å²) in [6.07, 6.45) is 1.20. The average molecular weight is 469 g/mol. The van der Waals surface area contributed by atoms with Crippen molar-refractivity contribution in [1.29, 1.82) is 0 Å². The molecule has 1 fully saturated rings. The van der Waals surface area contributed by atoms with Crippen LogP contribution in [0.25, 0.3) is 0 Å². The van der Waals surface area contributed by atoms with Gasteiger partial charge in [-0.2, -0.15) is 4.31 Å². The van der Waals surface area contributed by atoms with Gasteiger partial charge in [-0.15, -0.1) is 0 Å². The summed E-state index contributed by atoms with van der Waals surface area (Å²) in [6, 6.07) is 13.5. The van der Waals surface area contributed by atoms with Gasteiger partial charge in [0.05, 0.1) is 4.90 Å². The van der Waals surface area contributed by atoms with Gasteiger partial charge in [0.2, 0.25) is 10.0 Å². The minimum atomic E-state index is -3.56. The molecule has 1 saturated heterocycles. The highest BCUT2D eigenvalue weighted by molar-refractivity contribution is 7.89. The molecule has 33 heavy (non-hydrogen) atoms. The number of rotatable bonds is 5. The maximum Gasteiger partial charge on any atom is 0.243 e. The van der Waals surface area contributed by atoms with Crippen molar-refractivity contribution in [2.24, 2.45) is 0 Å². The number of anilines is 1. The van der Waals surface area contributed by atoms with Crippen molar-refractivity contribution >= 4 is 15.8 Å². The van der Waals surface area contributed by atoms with Crippen molar-refractivity contribution in [3.05, 3.63) is 82.6 Å². The van der Waals surface area contributed by atoms with Crippen LogP contribution in [0.2, 0.25) is 0 Å². The molecule has 6 nitrogen and oxygen atoms in total. The summed E-state index contributed by atoms with van der Waals surface area (Å²) < 4.78 is 41.7. The van der Waals surface area contributed by atoms with Crippen LogP contribution in [0.15, 0.2) is 53.4 Å². The van der Waals surface area contributed by atoms with E-state index in [-0.39, 0.29) is 5.82 Å². The van der Waals surface area contributed by atoms with Crippen LogP contribution in [0.4, 0.5) is 10.2 Å². The molecule has 8 heteroatoms. The maximum atomic E-state index is 13.8. The van der Waals surface area contributed by atoms with Crippen LogP contribution in [0.5, 0.6) is 0 Å². The van der Waals surface area contributed by atoms with Crippen molar-refractivity contribution in [2.45, 2.75) is 38.5 Å². The second-order valence-electron chi connectivity index (χ2n) is 8.52. The lowest BCUT2D eigenvalue weighted by Crippen LogP contribution is -2.35. The Balaban J connectivity index is 1.59. The van der Waals surface area contributed by atoms with Gasteiger partial charge < -0.3 is 4.90 Å².